The zero-order chi connectivity index (χ0) is 18.8. The third-order valence-electron chi connectivity index (χ3n) is 3.93. The number of methoxy groups -OCH3 is 2. The van der Waals surface area contributed by atoms with Crippen molar-refractivity contribution in [1.29, 1.82) is 0 Å². The van der Waals surface area contributed by atoms with Gasteiger partial charge >= 0.3 is 6.01 Å². The molecule has 1 N–H and O–H groups in total. The molecule has 2 aromatic heterocycles. The van der Waals surface area contributed by atoms with Crippen LogP contribution in [0.1, 0.15) is 10.6 Å². The third kappa shape index (κ3) is 3.08. The zero-order valence-electron chi connectivity index (χ0n) is 14.6. The van der Waals surface area contributed by atoms with E-state index in [0.29, 0.717) is 22.6 Å². The van der Waals surface area contributed by atoms with Gasteiger partial charge in [0.05, 0.1) is 19.8 Å². The van der Waals surface area contributed by atoms with Crippen LogP contribution in [0, 0.1) is 0 Å². The minimum absolute atomic E-state index is 0.0478. The van der Waals surface area contributed by atoms with Crippen LogP contribution in [0.4, 0.5) is 6.01 Å². The Morgan fingerprint density at radius 1 is 0.963 bits per heavy atom. The Morgan fingerprint density at radius 2 is 1.74 bits per heavy atom. The van der Waals surface area contributed by atoms with E-state index in [4.69, 9.17) is 18.3 Å². The van der Waals surface area contributed by atoms with Crippen LogP contribution in [0.15, 0.2) is 57.4 Å². The molecule has 2 aromatic carbocycles. The summed E-state index contributed by atoms with van der Waals surface area (Å²) < 4.78 is 21.6. The van der Waals surface area contributed by atoms with E-state index in [2.05, 4.69) is 15.5 Å². The molecule has 0 fully saturated rings. The average Bonchev–Trinajstić information content (AvgIpc) is 3.34. The number of para-hydroxylation sites is 2. The Labute approximate surface area is 153 Å². The van der Waals surface area contributed by atoms with Crippen LogP contribution in [0.25, 0.3) is 22.4 Å². The molecule has 2 heterocycles. The quantitative estimate of drug-likeness (QED) is 0.575. The van der Waals surface area contributed by atoms with Crippen LogP contribution in [-0.2, 0) is 0 Å². The standard InChI is InChI=1S/C19H15N3O5/c1-24-13-8-4-3-7-12(13)18-21-22-19(27-18)20-17(23)15-10-11-6-5-9-14(25-2)16(11)26-15/h3-10H,1-2H3,(H,20,22,23). The highest BCUT2D eigenvalue weighted by atomic mass is 16.5. The zero-order valence-corrected chi connectivity index (χ0v) is 14.6. The van der Waals surface area contributed by atoms with E-state index in [0.717, 1.165) is 5.39 Å². The van der Waals surface area contributed by atoms with Crippen LogP contribution >= 0.6 is 0 Å². The van der Waals surface area contributed by atoms with E-state index >= 15 is 0 Å². The molecule has 0 spiro atoms. The summed E-state index contributed by atoms with van der Waals surface area (Å²) in [5, 5.41) is 11.1. The minimum atomic E-state index is -0.511. The molecule has 4 rings (SSSR count). The fraction of sp³-hybridized carbons (Fsp3) is 0.105. The van der Waals surface area contributed by atoms with E-state index in [1.165, 1.54) is 7.11 Å². The van der Waals surface area contributed by atoms with E-state index in [1.54, 1.807) is 31.4 Å². The molecule has 4 aromatic rings. The van der Waals surface area contributed by atoms with Gasteiger partial charge in [0.2, 0.25) is 0 Å². The van der Waals surface area contributed by atoms with Gasteiger partial charge in [-0.15, -0.1) is 5.10 Å². The molecule has 0 saturated carbocycles. The maximum atomic E-state index is 12.5. The molecule has 136 valence electrons. The van der Waals surface area contributed by atoms with Crippen molar-refractivity contribution < 1.29 is 23.1 Å². The Balaban J connectivity index is 1.58. The van der Waals surface area contributed by atoms with Gasteiger partial charge in [0, 0.05) is 5.39 Å². The van der Waals surface area contributed by atoms with E-state index in [1.807, 2.05) is 24.3 Å². The molecule has 8 nitrogen and oxygen atoms in total. The topological polar surface area (TPSA) is 99.6 Å². The van der Waals surface area contributed by atoms with E-state index < -0.39 is 5.91 Å². The minimum Gasteiger partial charge on any atom is -0.496 e. The average molecular weight is 365 g/mol. The molecule has 27 heavy (non-hydrogen) atoms. The summed E-state index contributed by atoms with van der Waals surface area (Å²) >= 11 is 0. The van der Waals surface area contributed by atoms with Crippen LogP contribution in [-0.4, -0.2) is 30.3 Å². The fourth-order valence-corrected chi connectivity index (χ4v) is 2.67. The number of nitrogens with zero attached hydrogens (tertiary/aromatic N) is 2. The van der Waals surface area contributed by atoms with Gasteiger partial charge < -0.3 is 18.3 Å². The van der Waals surface area contributed by atoms with Gasteiger partial charge in [0.15, 0.2) is 17.1 Å². The SMILES string of the molecule is COc1ccccc1-c1nnc(NC(=O)c2cc3cccc(OC)c3o2)o1. The molecule has 0 aliphatic rings. The summed E-state index contributed by atoms with van der Waals surface area (Å²) in [6.45, 7) is 0. The molecule has 1 amide bonds. The number of hydrogen-bond acceptors (Lipinski definition) is 7. The highest BCUT2D eigenvalue weighted by molar-refractivity contribution is 6.04. The number of rotatable bonds is 5. The van der Waals surface area contributed by atoms with Gasteiger partial charge in [-0.2, -0.15) is 0 Å². The lowest BCUT2D eigenvalue weighted by atomic mass is 10.2. The number of furan rings is 1. The maximum Gasteiger partial charge on any atom is 0.322 e. The van der Waals surface area contributed by atoms with Gasteiger partial charge in [0.1, 0.15) is 5.75 Å². The molecule has 8 heteroatoms. The van der Waals surface area contributed by atoms with Crippen LogP contribution in [0.3, 0.4) is 0 Å². The summed E-state index contributed by atoms with van der Waals surface area (Å²) in [6, 6.07) is 14.2. The van der Waals surface area contributed by atoms with Gasteiger partial charge in [-0.25, -0.2) is 0 Å². The van der Waals surface area contributed by atoms with Crippen molar-refractivity contribution in [2.24, 2.45) is 0 Å². The fourth-order valence-electron chi connectivity index (χ4n) is 2.67. The molecule has 0 saturated heterocycles. The van der Waals surface area contributed by atoms with Gasteiger partial charge in [-0.1, -0.05) is 29.4 Å². The summed E-state index contributed by atoms with van der Waals surface area (Å²) in [7, 11) is 3.09. The molecular formula is C19H15N3O5. The Bertz CT molecular complexity index is 1120. The number of nitrogens with one attached hydrogen (secondary N) is 1. The predicted octanol–water partition coefficient (Wildman–Crippen LogP) is 3.75. The molecular weight excluding hydrogens is 350 g/mol. The second-order valence-corrected chi connectivity index (χ2v) is 5.56. The molecule has 0 aliphatic heterocycles. The number of anilines is 1. The number of amides is 1. The van der Waals surface area contributed by atoms with Gasteiger partial charge in [-0.05, 0) is 24.3 Å². The van der Waals surface area contributed by atoms with E-state index in [-0.39, 0.29) is 17.7 Å². The third-order valence-corrected chi connectivity index (χ3v) is 3.93. The van der Waals surface area contributed by atoms with Crippen molar-refractivity contribution in [2.75, 3.05) is 19.5 Å². The molecule has 0 bridgehead atoms. The first-order valence-corrected chi connectivity index (χ1v) is 8.04. The van der Waals surface area contributed by atoms with Crippen molar-refractivity contribution in [2.45, 2.75) is 0 Å². The van der Waals surface area contributed by atoms with Crippen LogP contribution < -0.4 is 14.8 Å². The van der Waals surface area contributed by atoms with Gasteiger partial charge in [0.25, 0.3) is 11.8 Å². The largest absolute Gasteiger partial charge is 0.496 e. The normalized spacial score (nSPS) is 10.7. The Hall–Kier alpha value is -3.81. The van der Waals surface area contributed by atoms with Crippen LogP contribution in [0.5, 0.6) is 11.5 Å². The second-order valence-electron chi connectivity index (χ2n) is 5.56. The molecule has 0 unspecified atom stereocenters. The number of ether oxygens (including phenoxy) is 2. The summed E-state index contributed by atoms with van der Waals surface area (Å²) in [5.74, 6) is 0.954. The van der Waals surface area contributed by atoms with Crippen molar-refractivity contribution in [3.05, 3.63) is 54.3 Å². The number of carbonyl (C=O) groups excluding carboxylic acids is 1. The second kappa shape index (κ2) is 6.83. The first-order valence-electron chi connectivity index (χ1n) is 8.04. The van der Waals surface area contributed by atoms with Crippen molar-refractivity contribution in [1.82, 2.24) is 10.2 Å². The number of hydrogen-bond donors (Lipinski definition) is 1. The molecule has 0 atom stereocenters. The Kier molecular flexibility index (Phi) is 4.21. The lowest BCUT2D eigenvalue weighted by molar-refractivity contribution is 0.0995. The number of fused-ring (bicyclic) bond motifs is 1. The van der Waals surface area contributed by atoms with E-state index in [9.17, 15) is 4.79 Å². The highest BCUT2D eigenvalue weighted by Gasteiger charge is 2.19. The summed E-state index contributed by atoms with van der Waals surface area (Å²) in [4.78, 5) is 12.5. The van der Waals surface area contributed by atoms with Crippen LogP contribution in [0.2, 0.25) is 0 Å². The molecule has 0 aliphatic carbocycles. The summed E-state index contributed by atoms with van der Waals surface area (Å²) in [6.07, 6.45) is 0. The summed E-state index contributed by atoms with van der Waals surface area (Å²) in [5.41, 5.74) is 1.12. The number of aromatic nitrogens is 2. The number of benzene rings is 2. The number of carbonyl (C=O) groups is 1. The first-order chi connectivity index (χ1) is 13.2. The monoisotopic (exact) mass is 365 g/mol. The van der Waals surface area contributed by atoms with Gasteiger partial charge in [-0.3, -0.25) is 10.1 Å². The van der Waals surface area contributed by atoms with Crippen molar-refractivity contribution in [3.63, 3.8) is 0 Å². The first kappa shape index (κ1) is 16.6. The lowest BCUT2D eigenvalue weighted by Gasteiger charge is -2.03. The van der Waals surface area contributed by atoms with Crippen molar-refractivity contribution in [3.8, 4) is 23.0 Å². The van der Waals surface area contributed by atoms with Crippen molar-refractivity contribution >= 4 is 22.9 Å². The molecule has 0 radical (unpaired) electrons. The highest BCUT2D eigenvalue weighted by Crippen LogP contribution is 2.30. The lowest BCUT2D eigenvalue weighted by Crippen LogP contribution is -2.10. The predicted molar refractivity (Wildman–Crippen MR) is 97.0 cm³/mol. The Morgan fingerprint density at radius 3 is 2.56 bits per heavy atom. The smallest absolute Gasteiger partial charge is 0.322 e. The maximum absolute atomic E-state index is 12.5.